The van der Waals surface area contributed by atoms with E-state index in [1.807, 2.05) is 0 Å². The van der Waals surface area contributed by atoms with Gasteiger partial charge in [0.05, 0.1) is 12.1 Å². The lowest BCUT2D eigenvalue weighted by atomic mass is 9.94. The Kier molecular flexibility index (Phi) is 1.92. The quantitative estimate of drug-likeness (QED) is 0.440. The molecule has 0 aliphatic carbocycles. The highest BCUT2D eigenvalue weighted by Crippen LogP contribution is 2.08. The first-order valence-electron chi connectivity index (χ1n) is 3.29. The van der Waals surface area contributed by atoms with Gasteiger partial charge in [0.1, 0.15) is 0 Å². The first-order chi connectivity index (χ1) is 4.68. The Hall–Kier alpha value is -0.610. The first kappa shape index (κ1) is 7.50. The molecule has 0 unspecified atom stereocenters. The number of carbonyl (C=O) groups excluding carboxylic acids is 1. The third-order valence-corrected chi connectivity index (χ3v) is 1.67. The van der Waals surface area contributed by atoms with E-state index < -0.39 is 0 Å². The van der Waals surface area contributed by atoms with Crippen LogP contribution in [0.5, 0.6) is 0 Å². The fourth-order valence-corrected chi connectivity index (χ4v) is 1.04. The van der Waals surface area contributed by atoms with Crippen LogP contribution in [0.2, 0.25) is 0 Å². The zero-order valence-electron chi connectivity index (χ0n) is 5.98. The summed E-state index contributed by atoms with van der Waals surface area (Å²) in [5.41, 5.74) is -0.369. The van der Waals surface area contributed by atoms with Crippen LogP contribution >= 0.6 is 0 Å². The number of rotatable bonds is 2. The molecule has 0 radical (unpaired) electrons. The molecule has 1 amide bonds. The summed E-state index contributed by atoms with van der Waals surface area (Å²) in [6.45, 7) is 2.81. The second-order valence-corrected chi connectivity index (χ2v) is 2.72. The highest BCUT2D eigenvalue weighted by Gasteiger charge is 2.36. The van der Waals surface area contributed by atoms with Crippen molar-refractivity contribution in [3.05, 3.63) is 0 Å². The number of aliphatic hydroxyl groups is 1. The number of carbonyl (C=O) groups is 1. The van der Waals surface area contributed by atoms with Crippen LogP contribution in [0.15, 0.2) is 0 Å². The van der Waals surface area contributed by atoms with Crippen molar-refractivity contribution < 1.29 is 9.90 Å². The van der Waals surface area contributed by atoms with E-state index in [1.54, 1.807) is 0 Å². The fraction of sp³-hybridized carbons (Fsp3) is 0.833. The molecule has 1 aliphatic heterocycles. The lowest BCUT2D eigenvalue weighted by Crippen LogP contribution is -2.70. The summed E-state index contributed by atoms with van der Waals surface area (Å²) in [6, 6.07) is 0. The molecule has 0 atom stereocenters. The molecule has 0 aromatic heterocycles. The number of hydrogen-bond donors (Lipinski definition) is 3. The van der Waals surface area contributed by atoms with Gasteiger partial charge in [-0.25, -0.2) is 0 Å². The molecule has 1 saturated heterocycles. The monoisotopic (exact) mass is 144 g/mol. The van der Waals surface area contributed by atoms with Crippen LogP contribution in [0.3, 0.4) is 0 Å². The fourth-order valence-electron chi connectivity index (χ4n) is 1.04. The summed E-state index contributed by atoms with van der Waals surface area (Å²) in [6.07, 6.45) is 0. The van der Waals surface area contributed by atoms with Gasteiger partial charge in [0, 0.05) is 20.0 Å². The molecule has 0 aromatic rings. The number of amides is 1. The molecule has 1 aliphatic rings. The van der Waals surface area contributed by atoms with Gasteiger partial charge in [0.25, 0.3) is 0 Å². The maximum absolute atomic E-state index is 10.6. The molecule has 0 aromatic carbocycles. The smallest absolute Gasteiger partial charge is 0.217 e. The van der Waals surface area contributed by atoms with Crippen LogP contribution in [0, 0.1) is 0 Å². The zero-order valence-corrected chi connectivity index (χ0v) is 5.98. The second kappa shape index (κ2) is 2.56. The SMILES string of the molecule is CC(=O)NC1(CO)CNC1. The van der Waals surface area contributed by atoms with E-state index in [9.17, 15) is 4.79 Å². The van der Waals surface area contributed by atoms with Crippen molar-refractivity contribution in [3.8, 4) is 0 Å². The predicted octanol–water partition coefficient (Wildman–Crippen LogP) is -1.54. The van der Waals surface area contributed by atoms with Crippen molar-refractivity contribution in [2.24, 2.45) is 0 Å². The van der Waals surface area contributed by atoms with Crippen molar-refractivity contribution in [2.45, 2.75) is 12.5 Å². The Balaban J connectivity index is 2.40. The predicted molar refractivity (Wildman–Crippen MR) is 36.5 cm³/mol. The average Bonchev–Trinajstić information content (AvgIpc) is 1.78. The van der Waals surface area contributed by atoms with Crippen molar-refractivity contribution >= 4 is 5.91 Å². The van der Waals surface area contributed by atoms with E-state index >= 15 is 0 Å². The summed E-state index contributed by atoms with van der Waals surface area (Å²) in [7, 11) is 0. The Morgan fingerprint density at radius 3 is 2.50 bits per heavy atom. The molecule has 1 rings (SSSR count). The number of nitrogens with one attached hydrogen (secondary N) is 2. The molecule has 4 nitrogen and oxygen atoms in total. The van der Waals surface area contributed by atoms with E-state index in [4.69, 9.17) is 5.11 Å². The Morgan fingerprint density at radius 1 is 1.80 bits per heavy atom. The van der Waals surface area contributed by atoms with Gasteiger partial charge in [-0.3, -0.25) is 4.79 Å². The molecular formula is C6H12N2O2. The largest absolute Gasteiger partial charge is 0.394 e. The molecule has 0 spiro atoms. The standard InChI is InChI=1S/C6H12N2O2/c1-5(10)8-6(4-9)2-7-3-6/h7,9H,2-4H2,1H3,(H,8,10). The van der Waals surface area contributed by atoms with Crippen molar-refractivity contribution in [1.82, 2.24) is 10.6 Å². The molecule has 3 N–H and O–H groups in total. The molecule has 10 heavy (non-hydrogen) atoms. The highest BCUT2D eigenvalue weighted by atomic mass is 16.3. The normalized spacial score (nSPS) is 21.4. The molecule has 0 bridgehead atoms. The number of aliphatic hydroxyl groups excluding tert-OH is 1. The van der Waals surface area contributed by atoms with Crippen LogP contribution in [-0.2, 0) is 4.79 Å². The summed E-state index contributed by atoms with van der Waals surface area (Å²) in [4.78, 5) is 10.6. The van der Waals surface area contributed by atoms with Crippen LogP contribution in [-0.4, -0.2) is 36.2 Å². The van der Waals surface area contributed by atoms with Crippen molar-refractivity contribution in [3.63, 3.8) is 0 Å². The molecule has 4 heteroatoms. The van der Waals surface area contributed by atoms with Crippen LogP contribution in [0.25, 0.3) is 0 Å². The first-order valence-corrected chi connectivity index (χ1v) is 3.29. The van der Waals surface area contributed by atoms with E-state index in [-0.39, 0.29) is 18.1 Å². The van der Waals surface area contributed by atoms with Gasteiger partial charge in [0.2, 0.25) is 5.91 Å². The second-order valence-electron chi connectivity index (χ2n) is 2.72. The summed E-state index contributed by atoms with van der Waals surface area (Å²) in [5.74, 6) is -0.0875. The van der Waals surface area contributed by atoms with Gasteiger partial charge in [-0.1, -0.05) is 0 Å². The Labute approximate surface area is 59.6 Å². The van der Waals surface area contributed by atoms with E-state index in [0.29, 0.717) is 13.1 Å². The van der Waals surface area contributed by atoms with Crippen molar-refractivity contribution in [1.29, 1.82) is 0 Å². The molecule has 1 fully saturated rings. The lowest BCUT2D eigenvalue weighted by molar-refractivity contribution is -0.122. The van der Waals surface area contributed by atoms with Gasteiger partial charge in [-0.2, -0.15) is 0 Å². The third-order valence-electron chi connectivity index (χ3n) is 1.67. The van der Waals surface area contributed by atoms with Gasteiger partial charge in [-0.05, 0) is 0 Å². The molecule has 0 saturated carbocycles. The topological polar surface area (TPSA) is 61.4 Å². The van der Waals surface area contributed by atoms with E-state index in [1.165, 1.54) is 6.92 Å². The van der Waals surface area contributed by atoms with E-state index in [2.05, 4.69) is 10.6 Å². The van der Waals surface area contributed by atoms with Crippen LogP contribution in [0.1, 0.15) is 6.92 Å². The Morgan fingerprint density at radius 2 is 2.40 bits per heavy atom. The maximum atomic E-state index is 10.6. The maximum Gasteiger partial charge on any atom is 0.217 e. The minimum atomic E-state index is -0.369. The van der Waals surface area contributed by atoms with Crippen LogP contribution in [0.4, 0.5) is 0 Å². The summed E-state index contributed by atoms with van der Waals surface area (Å²) >= 11 is 0. The molecule has 1 heterocycles. The lowest BCUT2D eigenvalue weighted by Gasteiger charge is -2.41. The molecular weight excluding hydrogens is 132 g/mol. The van der Waals surface area contributed by atoms with E-state index in [0.717, 1.165) is 0 Å². The van der Waals surface area contributed by atoms with Crippen LogP contribution < -0.4 is 10.6 Å². The Bertz CT molecular complexity index is 137. The minimum absolute atomic E-state index is 0.0135. The number of hydrogen-bond acceptors (Lipinski definition) is 3. The van der Waals surface area contributed by atoms with Gasteiger partial charge >= 0.3 is 0 Å². The van der Waals surface area contributed by atoms with Gasteiger partial charge in [0.15, 0.2) is 0 Å². The third kappa shape index (κ3) is 1.27. The van der Waals surface area contributed by atoms with Gasteiger partial charge in [-0.15, -0.1) is 0 Å². The minimum Gasteiger partial charge on any atom is -0.394 e. The van der Waals surface area contributed by atoms with Gasteiger partial charge < -0.3 is 15.7 Å². The van der Waals surface area contributed by atoms with Crippen molar-refractivity contribution in [2.75, 3.05) is 19.7 Å². The molecule has 58 valence electrons. The summed E-state index contributed by atoms with van der Waals surface area (Å²) in [5, 5.41) is 14.5. The summed E-state index contributed by atoms with van der Waals surface area (Å²) < 4.78 is 0. The average molecular weight is 144 g/mol. The highest BCUT2D eigenvalue weighted by molar-refractivity contribution is 5.74. The zero-order chi connectivity index (χ0) is 7.61.